The average Bonchev–Trinajstić information content (AvgIpc) is 3.60. The van der Waals surface area contributed by atoms with E-state index in [2.05, 4.69) is 5.16 Å². The average molecular weight is 460 g/mol. The molecule has 0 aromatic heterocycles. The minimum atomic E-state index is -0.432. The molecule has 2 amide bonds. The third-order valence-corrected chi connectivity index (χ3v) is 7.71. The van der Waals surface area contributed by atoms with Gasteiger partial charge >= 0.3 is 5.97 Å². The van der Waals surface area contributed by atoms with Crippen molar-refractivity contribution in [2.24, 2.45) is 34.7 Å². The number of imide groups is 1. The molecule has 6 atom stereocenters. The normalized spacial score (nSPS) is 30.6. The number of benzene rings is 2. The monoisotopic (exact) mass is 460 g/mol. The summed E-state index contributed by atoms with van der Waals surface area (Å²) >= 11 is 0. The maximum absolute atomic E-state index is 13.5. The lowest BCUT2D eigenvalue weighted by atomic mass is 9.71. The number of fused-ring (bicyclic) bond motifs is 8. The van der Waals surface area contributed by atoms with Crippen LogP contribution in [0.5, 0.6) is 5.75 Å². The van der Waals surface area contributed by atoms with E-state index in [0.29, 0.717) is 11.3 Å². The van der Waals surface area contributed by atoms with Gasteiger partial charge in [-0.3, -0.25) is 14.5 Å². The number of ether oxygens (including phenoxy) is 2. The maximum atomic E-state index is 13.5. The van der Waals surface area contributed by atoms with Crippen LogP contribution in [-0.2, 0) is 19.2 Å². The Balaban J connectivity index is 1.27. The molecule has 34 heavy (non-hydrogen) atoms. The zero-order valence-electron chi connectivity index (χ0n) is 18.8. The van der Waals surface area contributed by atoms with Gasteiger partial charge < -0.3 is 14.3 Å². The summed E-state index contributed by atoms with van der Waals surface area (Å²) in [4.78, 5) is 46.1. The fraction of sp³-hybridized carbons (Fsp3) is 0.385. The number of rotatable bonds is 5. The molecule has 2 saturated carbocycles. The van der Waals surface area contributed by atoms with E-state index >= 15 is 0 Å². The van der Waals surface area contributed by atoms with Crippen molar-refractivity contribution in [3.63, 3.8) is 0 Å². The van der Waals surface area contributed by atoms with Crippen LogP contribution in [0.2, 0.25) is 0 Å². The van der Waals surface area contributed by atoms with E-state index in [-0.39, 0.29) is 48.2 Å². The summed E-state index contributed by atoms with van der Waals surface area (Å²) in [5.74, 6) is -0.863. The first kappa shape index (κ1) is 20.9. The molecule has 2 aromatic carbocycles. The van der Waals surface area contributed by atoms with Gasteiger partial charge in [-0.25, -0.2) is 4.79 Å². The van der Waals surface area contributed by atoms with Gasteiger partial charge in [0.15, 0.2) is 0 Å². The van der Waals surface area contributed by atoms with E-state index in [1.807, 2.05) is 24.3 Å². The Kier molecular flexibility index (Phi) is 4.72. The van der Waals surface area contributed by atoms with E-state index in [9.17, 15) is 14.4 Å². The third-order valence-electron chi connectivity index (χ3n) is 7.71. The van der Waals surface area contributed by atoms with E-state index < -0.39 is 11.9 Å². The lowest BCUT2D eigenvalue weighted by Gasteiger charge is -2.29. The minimum absolute atomic E-state index is 0.00334. The lowest BCUT2D eigenvalue weighted by molar-refractivity contribution is -0.125. The van der Waals surface area contributed by atoms with Gasteiger partial charge in [-0.15, -0.1) is 0 Å². The van der Waals surface area contributed by atoms with Gasteiger partial charge in [-0.2, -0.15) is 0 Å². The van der Waals surface area contributed by atoms with Crippen molar-refractivity contribution in [3.8, 4) is 5.75 Å². The molecule has 2 heterocycles. The molecule has 3 fully saturated rings. The van der Waals surface area contributed by atoms with Crippen molar-refractivity contribution >= 4 is 29.2 Å². The third kappa shape index (κ3) is 2.84. The van der Waals surface area contributed by atoms with E-state index in [4.69, 9.17) is 14.3 Å². The number of carbonyl (C=O) groups is 3. The summed E-state index contributed by atoms with van der Waals surface area (Å²) in [6, 6.07) is 14.1. The van der Waals surface area contributed by atoms with Gasteiger partial charge in [-0.05, 0) is 67.8 Å². The predicted molar refractivity (Wildman–Crippen MR) is 121 cm³/mol. The largest absolute Gasteiger partial charge is 0.497 e. The highest BCUT2D eigenvalue weighted by molar-refractivity contribution is 6.23. The van der Waals surface area contributed by atoms with Crippen molar-refractivity contribution in [1.82, 2.24) is 0 Å². The molecule has 2 bridgehead atoms. The quantitative estimate of drug-likeness (QED) is 0.503. The Bertz CT molecular complexity index is 1200. The topological polar surface area (TPSA) is 94.5 Å². The molecule has 0 N–H and O–H groups in total. The molecule has 2 aromatic rings. The number of amides is 2. The first-order valence-electron chi connectivity index (χ1n) is 11.6. The molecular formula is C26H24N2O6. The summed E-state index contributed by atoms with van der Waals surface area (Å²) in [6.07, 6.45) is 0.596. The molecular weight excluding hydrogens is 436 g/mol. The maximum Gasteiger partial charge on any atom is 0.338 e. The van der Waals surface area contributed by atoms with Gasteiger partial charge in [-0.1, -0.05) is 5.16 Å². The highest BCUT2D eigenvalue weighted by atomic mass is 16.6. The van der Waals surface area contributed by atoms with Gasteiger partial charge in [0, 0.05) is 17.4 Å². The van der Waals surface area contributed by atoms with Crippen LogP contribution in [0, 0.1) is 29.6 Å². The summed E-state index contributed by atoms with van der Waals surface area (Å²) in [6.45, 7) is 2.02. The molecule has 1 saturated heterocycles. The first-order valence-corrected chi connectivity index (χ1v) is 11.6. The molecule has 0 radical (unpaired) electrons. The molecule has 6 rings (SSSR count). The lowest BCUT2D eigenvalue weighted by Crippen LogP contribution is -2.41. The Hall–Kier alpha value is -3.68. The molecule has 2 aliphatic carbocycles. The number of esters is 1. The molecule has 4 aliphatic rings. The number of oxime groups is 1. The Morgan fingerprint density at radius 1 is 1.00 bits per heavy atom. The number of hydrogen-bond acceptors (Lipinski definition) is 7. The van der Waals surface area contributed by atoms with Gasteiger partial charge in [0.2, 0.25) is 11.8 Å². The van der Waals surface area contributed by atoms with Crippen LogP contribution in [0.3, 0.4) is 0 Å². The molecule has 8 heteroatoms. The summed E-state index contributed by atoms with van der Waals surface area (Å²) < 4.78 is 10.3. The minimum Gasteiger partial charge on any atom is -0.497 e. The van der Waals surface area contributed by atoms with Crippen LogP contribution < -0.4 is 9.64 Å². The predicted octanol–water partition coefficient (Wildman–Crippen LogP) is 3.05. The summed E-state index contributed by atoms with van der Waals surface area (Å²) in [5, 5.41) is 4.38. The smallest absolute Gasteiger partial charge is 0.338 e. The number of carbonyl (C=O) groups excluding carboxylic acids is 3. The number of methoxy groups -OCH3 is 1. The molecule has 2 aliphatic heterocycles. The summed E-state index contributed by atoms with van der Waals surface area (Å²) in [7, 11) is 1.62. The fourth-order valence-corrected chi connectivity index (χ4v) is 6.34. The van der Waals surface area contributed by atoms with Crippen LogP contribution in [0.25, 0.3) is 0 Å². The molecule has 174 valence electrons. The summed E-state index contributed by atoms with van der Waals surface area (Å²) in [5.41, 5.74) is 2.65. The molecule has 8 nitrogen and oxygen atoms in total. The van der Waals surface area contributed by atoms with E-state index in [0.717, 1.165) is 23.4 Å². The number of anilines is 1. The molecule has 0 spiro atoms. The Morgan fingerprint density at radius 2 is 1.68 bits per heavy atom. The zero-order valence-corrected chi connectivity index (χ0v) is 18.8. The SMILES string of the molecule is CCOC(=O)c1ccc(N2C(=O)[C@@H]3[C@H]4C[C@@H]([C@H]5ON=C(c6ccc(OC)cc6)[C@@H]45)[C@H]3C2=O)cc1. The van der Waals surface area contributed by atoms with Crippen LogP contribution in [0.15, 0.2) is 53.7 Å². The second-order valence-electron chi connectivity index (χ2n) is 9.20. The van der Waals surface area contributed by atoms with E-state index in [1.54, 1.807) is 38.3 Å². The van der Waals surface area contributed by atoms with Gasteiger partial charge in [0.1, 0.15) is 11.9 Å². The van der Waals surface area contributed by atoms with Crippen molar-refractivity contribution in [2.45, 2.75) is 19.4 Å². The Morgan fingerprint density at radius 3 is 2.32 bits per heavy atom. The highest BCUT2D eigenvalue weighted by Crippen LogP contribution is 2.62. The van der Waals surface area contributed by atoms with Crippen LogP contribution in [-0.4, -0.2) is 43.3 Å². The van der Waals surface area contributed by atoms with Gasteiger partial charge in [0.25, 0.3) is 0 Å². The number of nitrogens with zero attached hydrogens (tertiary/aromatic N) is 2. The van der Waals surface area contributed by atoms with Crippen molar-refractivity contribution in [2.75, 3.05) is 18.6 Å². The zero-order chi connectivity index (χ0) is 23.6. The molecule has 0 unspecified atom stereocenters. The van der Waals surface area contributed by atoms with E-state index in [1.165, 1.54) is 4.90 Å². The van der Waals surface area contributed by atoms with Crippen molar-refractivity contribution < 1.29 is 28.7 Å². The second kappa shape index (κ2) is 7.68. The standard InChI is InChI=1S/C26H24N2O6/c1-3-33-26(31)14-4-8-15(9-5-14)28-24(29)19-17-12-18(20(19)25(28)30)23-21(17)22(27-34-23)13-6-10-16(32-2)11-7-13/h4-11,17-21,23H,3,12H2,1-2H3/t17-,18-,19-,20-,21-,23-/m1/s1. The van der Waals surface area contributed by atoms with Crippen LogP contribution >= 0.6 is 0 Å². The first-order chi connectivity index (χ1) is 16.5. The van der Waals surface area contributed by atoms with Crippen LogP contribution in [0.4, 0.5) is 5.69 Å². The van der Waals surface area contributed by atoms with Crippen molar-refractivity contribution in [1.29, 1.82) is 0 Å². The Labute approximate surface area is 196 Å². The van der Waals surface area contributed by atoms with Gasteiger partial charge in [0.05, 0.1) is 42.5 Å². The highest BCUT2D eigenvalue weighted by Gasteiger charge is 2.70. The second-order valence-corrected chi connectivity index (χ2v) is 9.20. The van der Waals surface area contributed by atoms with Crippen molar-refractivity contribution in [3.05, 3.63) is 59.7 Å². The van der Waals surface area contributed by atoms with Crippen LogP contribution in [0.1, 0.15) is 29.3 Å². The fourth-order valence-electron chi connectivity index (χ4n) is 6.34. The number of hydrogen-bond donors (Lipinski definition) is 0.